The van der Waals surface area contributed by atoms with Crippen LogP contribution >= 0.6 is 16.6 Å². The number of methoxy groups -OCH3 is 1. The van der Waals surface area contributed by atoms with Crippen molar-refractivity contribution in [3.05, 3.63) is 29.3 Å². The smallest absolute Gasteiger partial charge is 0.144 e. The first-order chi connectivity index (χ1) is 8.85. The topological polar surface area (TPSA) is 52.6 Å². The van der Waals surface area contributed by atoms with E-state index in [1.807, 2.05) is 12.1 Å². The van der Waals surface area contributed by atoms with E-state index in [9.17, 15) is 9.36 Å². The fourth-order valence-electron chi connectivity index (χ4n) is 1.83. The summed E-state index contributed by atoms with van der Waals surface area (Å²) in [5.41, 5.74) is 1.77. The molecule has 0 aliphatic heterocycles. The van der Waals surface area contributed by atoms with Gasteiger partial charge in [0.15, 0.2) is 0 Å². The second kappa shape index (κ2) is 7.19. The molecule has 6 heteroatoms. The van der Waals surface area contributed by atoms with Crippen LogP contribution in [-0.4, -0.2) is 32.4 Å². The van der Waals surface area contributed by atoms with Gasteiger partial charge in [-0.25, -0.2) is 0 Å². The quantitative estimate of drug-likeness (QED) is 0.727. The maximum absolute atomic E-state index is 11.8. The summed E-state index contributed by atoms with van der Waals surface area (Å²) in [5.74, 6) is 0.705. The number of hydrogen-bond acceptors (Lipinski definition) is 4. The number of ketones is 1. The van der Waals surface area contributed by atoms with Crippen molar-refractivity contribution >= 4 is 22.4 Å². The van der Waals surface area contributed by atoms with Crippen molar-refractivity contribution < 1.29 is 20.0 Å². The van der Waals surface area contributed by atoms with Crippen LogP contribution < -0.4 is 4.52 Å². The normalized spacial score (nSPS) is 11.4. The summed E-state index contributed by atoms with van der Waals surface area (Å²) < 4.78 is 21.9. The predicted molar refractivity (Wildman–Crippen MR) is 82.6 cm³/mol. The van der Waals surface area contributed by atoms with Crippen LogP contribution in [0.15, 0.2) is 18.2 Å². The van der Waals surface area contributed by atoms with E-state index in [1.165, 1.54) is 0 Å². The van der Waals surface area contributed by atoms with Gasteiger partial charge in [-0.2, -0.15) is 0 Å². The highest BCUT2D eigenvalue weighted by molar-refractivity contribution is 7.63. The zero-order valence-electron chi connectivity index (χ0n) is 11.5. The number of hydrogen-bond donors (Lipinski definition) is 0. The van der Waals surface area contributed by atoms with E-state index in [4.69, 9.17) is 9.26 Å². The lowest BCUT2D eigenvalue weighted by Gasteiger charge is -2.10. The Morgan fingerprint density at radius 3 is 2.63 bits per heavy atom. The van der Waals surface area contributed by atoms with Crippen LogP contribution in [0.3, 0.4) is 0 Å². The molecule has 1 rings (SSSR count). The molecule has 1 aromatic rings. The van der Waals surface area contributed by atoms with Crippen LogP contribution in [0, 0.1) is 0 Å². The minimum atomic E-state index is -2.30. The van der Waals surface area contributed by atoms with E-state index in [0.717, 1.165) is 11.1 Å². The minimum Gasteiger partial charge on any atom is -0.480 e. The molecule has 0 aliphatic rings. The summed E-state index contributed by atoms with van der Waals surface area (Å²) in [6.45, 7) is 3.69. The molecule has 0 saturated heterocycles. The number of carbonyl (C=O) groups excluding carboxylic acids is 1. The number of ether oxygens (including phenoxy) is 1. The van der Waals surface area contributed by atoms with E-state index < -0.39 is 7.14 Å². The molecule has 1 aromatic carbocycles. The number of Topliss-reactive ketones (excluding diaryl/α,β-unsaturated/α-hetero) is 1. The third-order valence-corrected chi connectivity index (χ3v) is 3.88. The molecule has 0 saturated carbocycles. The molecule has 0 bridgehead atoms. The van der Waals surface area contributed by atoms with Crippen LogP contribution in [0.1, 0.15) is 12.6 Å². The highest BCUT2D eigenvalue weighted by Crippen LogP contribution is 2.35. The van der Waals surface area contributed by atoms with Crippen molar-refractivity contribution in [1.82, 2.24) is 0 Å². The molecular weight excluding hydrogens is 282 g/mol. The number of rotatable bonds is 7. The highest BCUT2D eigenvalue weighted by Gasteiger charge is 2.15. The third kappa shape index (κ3) is 5.86. The van der Waals surface area contributed by atoms with E-state index >= 15 is 0 Å². The zero-order valence-corrected chi connectivity index (χ0v) is 13.6. The lowest BCUT2D eigenvalue weighted by atomic mass is 10.1. The van der Waals surface area contributed by atoms with Crippen molar-refractivity contribution in [3.63, 3.8) is 0 Å². The summed E-state index contributed by atoms with van der Waals surface area (Å²) in [5, 5.41) is 0. The molecule has 108 valence electrons. The number of carbonyl (C=O) groups is 1. The molecule has 0 amide bonds. The SMILES string of the molecule is COCc1cc(CC(=O)CP(C)(C)=O)ccc1OP.[3HH]. The van der Waals surface area contributed by atoms with Gasteiger partial charge >= 0.3 is 0 Å². The summed E-state index contributed by atoms with van der Waals surface area (Å²) >= 11 is 0. The van der Waals surface area contributed by atoms with Gasteiger partial charge in [0.2, 0.25) is 0 Å². The summed E-state index contributed by atoms with van der Waals surface area (Å²) in [7, 11) is 1.50. The van der Waals surface area contributed by atoms with Gasteiger partial charge in [0.25, 0.3) is 0 Å². The molecular formula is C13H22O4P2. The Morgan fingerprint density at radius 1 is 1.42 bits per heavy atom. The van der Waals surface area contributed by atoms with Crippen LogP contribution in [-0.2, 0) is 27.1 Å². The van der Waals surface area contributed by atoms with Crippen LogP contribution in [0.25, 0.3) is 0 Å². The summed E-state index contributed by atoms with van der Waals surface area (Å²) in [6, 6.07) is 5.53. The lowest BCUT2D eigenvalue weighted by Crippen LogP contribution is -2.08. The monoisotopic (exact) mass is 306 g/mol. The maximum atomic E-state index is 11.8. The molecule has 0 aromatic heterocycles. The van der Waals surface area contributed by atoms with E-state index in [2.05, 4.69) is 9.47 Å². The predicted octanol–water partition coefficient (Wildman–Crippen LogP) is 2.98. The fourth-order valence-corrected chi connectivity index (χ4v) is 3.03. The van der Waals surface area contributed by atoms with Gasteiger partial charge in [-0.05, 0) is 31.0 Å². The molecule has 0 heterocycles. The molecule has 0 fully saturated rings. The van der Waals surface area contributed by atoms with Gasteiger partial charge < -0.3 is 13.8 Å². The molecule has 0 spiro atoms. The van der Waals surface area contributed by atoms with Gasteiger partial charge in [0.1, 0.15) is 11.5 Å². The second-order valence-electron chi connectivity index (χ2n) is 4.94. The Kier molecular flexibility index (Phi) is 6.19. The van der Waals surface area contributed by atoms with Crippen molar-refractivity contribution in [3.8, 4) is 5.75 Å². The first-order valence-electron chi connectivity index (χ1n) is 5.89. The van der Waals surface area contributed by atoms with E-state index in [0.29, 0.717) is 18.8 Å². The summed E-state index contributed by atoms with van der Waals surface area (Å²) in [4.78, 5) is 11.8. The van der Waals surface area contributed by atoms with Crippen molar-refractivity contribution in [2.45, 2.75) is 13.0 Å². The Hall–Kier alpha value is -0.690. The molecule has 0 aliphatic carbocycles. The van der Waals surface area contributed by atoms with E-state index in [-0.39, 0.29) is 13.4 Å². The third-order valence-electron chi connectivity index (χ3n) is 2.51. The Labute approximate surface area is 118 Å². The first-order valence-corrected chi connectivity index (χ1v) is 9.14. The van der Waals surface area contributed by atoms with Crippen molar-refractivity contribution in [1.29, 1.82) is 0 Å². The van der Waals surface area contributed by atoms with Crippen molar-refractivity contribution in [2.75, 3.05) is 26.6 Å². The lowest BCUT2D eigenvalue weighted by molar-refractivity contribution is -0.116. The second-order valence-corrected chi connectivity index (χ2v) is 8.64. The van der Waals surface area contributed by atoms with Gasteiger partial charge in [-0.1, -0.05) is 6.07 Å². The molecule has 1 unspecified atom stereocenters. The summed E-state index contributed by atoms with van der Waals surface area (Å²) in [6.07, 6.45) is 0.439. The Bertz CT molecular complexity index is 499. The first kappa shape index (κ1) is 16.4. The average molecular weight is 306 g/mol. The standard InChI is InChI=1S/C13H20O4P2.H2/c1-16-8-11-6-10(4-5-13(11)17-18)7-12(14)9-19(2,3)15;/h4-6H,7-9,18H2,1-3H3;1H/i;1+2. The van der Waals surface area contributed by atoms with Crippen LogP contribution in [0.5, 0.6) is 5.75 Å². The molecule has 1 atom stereocenters. The molecule has 0 radical (unpaired) electrons. The van der Waals surface area contributed by atoms with Crippen molar-refractivity contribution in [2.24, 2.45) is 0 Å². The largest absolute Gasteiger partial charge is 0.480 e. The minimum absolute atomic E-state index is 0. The van der Waals surface area contributed by atoms with Gasteiger partial charge in [-0.3, -0.25) is 4.79 Å². The molecule has 0 N–H and O–H groups in total. The Morgan fingerprint density at radius 2 is 2.11 bits per heavy atom. The van der Waals surface area contributed by atoms with Gasteiger partial charge in [0.05, 0.1) is 29.4 Å². The molecule has 4 nitrogen and oxygen atoms in total. The highest BCUT2D eigenvalue weighted by atomic mass is 31.2. The Balaban J connectivity index is 0.00000361. The zero-order chi connectivity index (χ0) is 14.5. The average Bonchev–Trinajstić information content (AvgIpc) is 2.27. The van der Waals surface area contributed by atoms with Gasteiger partial charge in [0, 0.05) is 20.5 Å². The van der Waals surface area contributed by atoms with Crippen LogP contribution in [0.4, 0.5) is 0 Å². The van der Waals surface area contributed by atoms with E-state index in [1.54, 1.807) is 26.5 Å². The van der Waals surface area contributed by atoms with Gasteiger partial charge in [-0.15, -0.1) is 0 Å². The van der Waals surface area contributed by atoms with Crippen LogP contribution in [0.2, 0.25) is 0 Å². The maximum Gasteiger partial charge on any atom is 0.144 e. The molecule has 19 heavy (non-hydrogen) atoms. The fraction of sp³-hybridized carbons (Fsp3) is 0.462. The number of benzene rings is 1.